The van der Waals surface area contributed by atoms with Crippen LogP contribution in [-0.4, -0.2) is 44.5 Å². The summed E-state index contributed by atoms with van der Waals surface area (Å²) in [6, 6.07) is 1.17. The van der Waals surface area contributed by atoms with E-state index in [0.717, 1.165) is 31.8 Å². The first kappa shape index (κ1) is 14.0. The zero-order chi connectivity index (χ0) is 14.1. The molecule has 2 saturated heterocycles. The van der Waals surface area contributed by atoms with E-state index in [9.17, 15) is 0 Å². The molecule has 6 heteroatoms. The molecule has 5 nitrogen and oxygen atoms in total. The summed E-state index contributed by atoms with van der Waals surface area (Å²) >= 11 is 2.06. The fraction of sp³-hybridized carbons (Fsp3) is 0.867. The molecule has 1 atom stereocenters. The highest BCUT2D eigenvalue weighted by Gasteiger charge is 2.39. The number of rotatable bonds is 4. The van der Waals surface area contributed by atoms with Crippen LogP contribution < -0.4 is 5.32 Å². The van der Waals surface area contributed by atoms with Crippen LogP contribution in [0.1, 0.15) is 50.4 Å². The predicted octanol–water partition coefficient (Wildman–Crippen LogP) is 2.15. The van der Waals surface area contributed by atoms with E-state index in [1.165, 1.54) is 37.2 Å². The van der Waals surface area contributed by atoms with E-state index in [2.05, 4.69) is 26.7 Å². The zero-order valence-electron chi connectivity index (χ0n) is 12.5. The molecule has 116 valence electrons. The van der Waals surface area contributed by atoms with Crippen molar-refractivity contribution in [1.29, 1.82) is 0 Å². The number of nitrogens with zero attached hydrogens (tertiary/aromatic N) is 3. The van der Waals surface area contributed by atoms with Gasteiger partial charge in [0, 0.05) is 12.6 Å². The molecule has 1 aliphatic carbocycles. The van der Waals surface area contributed by atoms with Crippen molar-refractivity contribution in [3.05, 3.63) is 12.2 Å². The van der Waals surface area contributed by atoms with Crippen molar-refractivity contribution < 1.29 is 4.74 Å². The van der Waals surface area contributed by atoms with Gasteiger partial charge in [0.2, 0.25) is 0 Å². The fourth-order valence-electron chi connectivity index (χ4n) is 3.41. The van der Waals surface area contributed by atoms with Crippen LogP contribution in [0.4, 0.5) is 0 Å². The van der Waals surface area contributed by atoms with Crippen molar-refractivity contribution in [2.45, 2.75) is 62.8 Å². The van der Waals surface area contributed by atoms with Crippen molar-refractivity contribution >= 4 is 11.8 Å². The minimum Gasteiger partial charge on any atom is -0.375 e. The lowest BCUT2D eigenvalue weighted by Crippen LogP contribution is -2.43. The number of ether oxygens (including phenoxy) is 1. The van der Waals surface area contributed by atoms with Gasteiger partial charge in [0.1, 0.15) is 6.33 Å². The number of hydrogen-bond acceptors (Lipinski definition) is 5. The van der Waals surface area contributed by atoms with E-state index >= 15 is 0 Å². The molecule has 1 saturated carbocycles. The molecular weight excluding hydrogens is 284 g/mol. The van der Waals surface area contributed by atoms with Crippen LogP contribution in [0.3, 0.4) is 0 Å². The van der Waals surface area contributed by atoms with Crippen LogP contribution in [0.2, 0.25) is 0 Å². The van der Waals surface area contributed by atoms with Crippen LogP contribution in [-0.2, 0) is 11.3 Å². The maximum Gasteiger partial charge on any atom is 0.164 e. The first-order chi connectivity index (χ1) is 10.3. The first-order valence-corrected chi connectivity index (χ1v) is 9.34. The quantitative estimate of drug-likeness (QED) is 0.923. The molecule has 4 rings (SSSR count). The summed E-state index contributed by atoms with van der Waals surface area (Å²) in [4.78, 5) is 4.47. The third-order valence-electron chi connectivity index (χ3n) is 4.93. The monoisotopic (exact) mass is 308 g/mol. The van der Waals surface area contributed by atoms with Gasteiger partial charge >= 0.3 is 0 Å². The third kappa shape index (κ3) is 3.27. The van der Waals surface area contributed by atoms with Crippen LogP contribution in [0.25, 0.3) is 0 Å². The molecule has 2 aliphatic heterocycles. The van der Waals surface area contributed by atoms with Crippen molar-refractivity contribution in [2.24, 2.45) is 0 Å². The second-order valence-corrected chi connectivity index (χ2v) is 7.81. The van der Waals surface area contributed by atoms with Crippen LogP contribution >= 0.6 is 11.8 Å². The third-order valence-corrected chi connectivity index (χ3v) is 5.91. The molecule has 3 aliphatic rings. The van der Waals surface area contributed by atoms with E-state index in [0.29, 0.717) is 12.1 Å². The molecule has 0 aromatic carbocycles. The van der Waals surface area contributed by atoms with E-state index in [-0.39, 0.29) is 5.60 Å². The lowest BCUT2D eigenvalue weighted by Gasteiger charge is -2.43. The van der Waals surface area contributed by atoms with E-state index in [1.807, 2.05) is 6.33 Å². The summed E-state index contributed by atoms with van der Waals surface area (Å²) in [6.45, 7) is 1.67. The largest absolute Gasteiger partial charge is 0.375 e. The Morgan fingerprint density at radius 3 is 3.00 bits per heavy atom. The van der Waals surface area contributed by atoms with Crippen molar-refractivity contribution in [3.63, 3.8) is 0 Å². The minimum atomic E-state index is 0.118. The average molecular weight is 308 g/mol. The Morgan fingerprint density at radius 1 is 1.33 bits per heavy atom. The molecule has 0 bridgehead atoms. The summed E-state index contributed by atoms with van der Waals surface area (Å²) in [5.41, 5.74) is 0.118. The fourth-order valence-corrected chi connectivity index (χ4v) is 4.65. The Hall–Kier alpha value is -0.590. The van der Waals surface area contributed by atoms with Crippen LogP contribution in [0.5, 0.6) is 0 Å². The molecule has 1 spiro atoms. The van der Waals surface area contributed by atoms with Crippen molar-refractivity contribution in [1.82, 2.24) is 20.1 Å². The van der Waals surface area contributed by atoms with Gasteiger partial charge in [-0.15, -0.1) is 0 Å². The van der Waals surface area contributed by atoms with Crippen molar-refractivity contribution in [2.75, 3.05) is 18.1 Å². The molecule has 3 heterocycles. The molecule has 3 fully saturated rings. The van der Waals surface area contributed by atoms with Gasteiger partial charge in [0.15, 0.2) is 5.82 Å². The number of nitrogens with one attached hydrogen (secondary N) is 1. The molecule has 1 aromatic rings. The standard InChI is InChI=1S/C15H24N4OS/c1-2-12(1)16-10-14-17-11-19(18-14)13-3-6-20-15(9-13)4-7-21-8-5-15/h11-13,16H,1-10H2. The highest BCUT2D eigenvalue weighted by Crippen LogP contribution is 2.41. The van der Waals surface area contributed by atoms with E-state index < -0.39 is 0 Å². The molecule has 0 radical (unpaired) electrons. The number of aromatic nitrogens is 3. The summed E-state index contributed by atoms with van der Waals surface area (Å²) in [7, 11) is 0. The van der Waals surface area contributed by atoms with E-state index in [4.69, 9.17) is 9.84 Å². The Morgan fingerprint density at radius 2 is 2.19 bits per heavy atom. The Balaban J connectivity index is 1.40. The van der Waals surface area contributed by atoms with Gasteiger partial charge in [-0.25, -0.2) is 9.67 Å². The summed E-state index contributed by atoms with van der Waals surface area (Å²) in [5, 5.41) is 8.17. The van der Waals surface area contributed by atoms with Gasteiger partial charge in [-0.05, 0) is 50.0 Å². The predicted molar refractivity (Wildman–Crippen MR) is 83.4 cm³/mol. The maximum atomic E-state index is 6.16. The lowest BCUT2D eigenvalue weighted by atomic mass is 9.85. The lowest BCUT2D eigenvalue weighted by molar-refractivity contribution is -0.100. The molecule has 1 N–H and O–H groups in total. The highest BCUT2D eigenvalue weighted by molar-refractivity contribution is 7.99. The van der Waals surface area contributed by atoms with Crippen LogP contribution in [0.15, 0.2) is 6.33 Å². The van der Waals surface area contributed by atoms with Gasteiger partial charge in [0.05, 0.1) is 18.2 Å². The molecule has 1 aromatic heterocycles. The topological polar surface area (TPSA) is 52.0 Å². The minimum absolute atomic E-state index is 0.118. The maximum absolute atomic E-state index is 6.16. The zero-order valence-corrected chi connectivity index (χ0v) is 13.3. The van der Waals surface area contributed by atoms with Gasteiger partial charge in [0.25, 0.3) is 0 Å². The second-order valence-electron chi connectivity index (χ2n) is 6.59. The SMILES string of the molecule is c1nc(CNC2CC2)nn1C1CCOC2(CCSCC2)C1. The number of hydrogen-bond donors (Lipinski definition) is 1. The van der Waals surface area contributed by atoms with Crippen LogP contribution in [0, 0.1) is 0 Å². The summed E-state index contributed by atoms with van der Waals surface area (Å²) in [5.74, 6) is 3.41. The average Bonchev–Trinajstić information content (AvgIpc) is 3.22. The molecule has 21 heavy (non-hydrogen) atoms. The smallest absolute Gasteiger partial charge is 0.164 e. The van der Waals surface area contributed by atoms with Gasteiger partial charge in [-0.1, -0.05) is 0 Å². The Kier molecular flexibility index (Phi) is 3.94. The Labute approximate surface area is 130 Å². The summed E-state index contributed by atoms with van der Waals surface area (Å²) in [6.07, 6.45) is 9.09. The van der Waals surface area contributed by atoms with Gasteiger partial charge in [-0.2, -0.15) is 16.9 Å². The Bertz CT molecular complexity index is 476. The van der Waals surface area contributed by atoms with Gasteiger partial charge in [-0.3, -0.25) is 0 Å². The molecular formula is C15H24N4OS. The first-order valence-electron chi connectivity index (χ1n) is 8.18. The normalized spacial score (nSPS) is 28.9. The highest BCUT2D eigenvalue weighted by atomic mass is 32.2. The van der Waals surface area contributed by atoms with E-state index in [1.54, 1.807) is 0 Å². The molecule has 0 amide bonds. The van der Waals surface area contributed by atoms with Crippen molar-refractivity contribution in [3.8, 4) is 0 Å². The number of thioether (sulfide) groups is 1. The second kappa shape index (κ2) is 5.89. The molecule has 1 unspecified atom stereocenters. The van der Waals surface area contributed by atoms with Gasteiger partial charge < -0.3 is 10.1 Å². The summed E-state index contributed by atoms with van der Waals surface area (Å²) < 4.78 is 8.26.